The van der Waals surface area contributed by atoms with Gasteiger partial charge in [0.2, 0.25) is 0 Å². The van der Waals surface area contributed by atoms with Crippen LogP contribution in [0.4, 0.5) is 11.4 Å². The van der Waals surface area contributed by atoms with Crippen LogP contribution in [0.15, 0.2) is 88.8 Å². The highest BCUT2D eigenvalue weighted by molar-refractivity contribution is 6.08. The van der Waals surface area contributed by atoms with Crippen LogP contribution in [-0.2, 0) is 7.05 Å². The highest BCUT2D eigenvalue weighted by atomic mass is 16.3. The number of hydrogen-bond acceptors (Lipinski definition) is 5. The van der Waals surface area contributed by atoms with E-state index in [1.54, 1.807) is 11.6 Å². The highest BCUT2D eigenvalue weighted by Crippen LogP contribution is 2.38. The van der Waals surface area contributed by atoms with Gasteiger partial charge in [-0.15, -0.1) is 0 Å². The van der Waals surface area contributed by atoms with Crippen LogP contribution < -0.4 is 15.5 Å². The van der Waals surface area contributed by atoms with E-state index >= 15 is 0 Å². The molecule has 0 aliphatic carbocycles. The molecule has 1 aromatic heterocycles. The van der Waals surface area contributed by atoms with Crippen LogP contribution >= 0.6 is 0 Å². The summed E-state index contributed by atoms with van der Waals surface area (Å²) >= 11 is 0. The van der Waals surface area contributed by atoms with Gasteiger partial charge >= 0.3 is 0 Å². The molecule has 0 saturated heterocycles. The first-order chi connectivity index (χ1) is 16.0. The number of hydrazone groups is 1. The number of rotatable bonds is 4. The first-order valence-corrected chi connectivity index (χ1v) is 11.0. The average molecular weight is 439 g/mol. The third-order valence-electron chi connectivity index (χ3n) is 6.29. The fraction of sp³-hybridized carbons (Fsp3) is 0.185. The van der Waals surface area contributed by atoms with Gasteiger partial charge in [-0.25, -0.2) is 0 Å². The number of nitrogens with zero attached hydrogens (tertiary/aromatic N) is 4. The molecule has 1 aliphatic heterocycles. The van der Waals surface area contributed by atoms with Crippen molar-refractivity contribution in [2.24, 2.45) is 12.1 Å². The van der Waals surface area contributed by atoms with E-state index in [2.05, 4.69) is 29.2 Å². The van der Waals surface area contributed by atoms with Gasteiger partial charge in [-0.2, -0.15) is 5.10 Å². The molecule has 6 heteroatoms. The number of para-hydroxylation sites is 2. The molecule has 0 bridgehead atoms. The van der Waals surface area contributed by atoms with Crippen molar-refractivity contribution in [2.75, 3.05) is 24.0 Å². The van der Waals surface area contributed by atoms with Crippen LogP contribution in [0.3, 0.4) is 0 Å². The standard InChI is InChI=1S/C27H26N4O2/c1-29(2)19-15-13-18(14-16-19)24-17-22(28-31(24)20-9-5-4-6-10-20)25-26(32)21-11-7-8-12-23(21)30(3)27(25)33/h4-16,24,32H,17H2,1-3H3/t24-/m0/s1. The van der Waals surface area contributed by atoms with Gasteiger partial charge in [0.1, 0.15) is 11.3 Å². The molecule has 1 aliphatic rings. The Labute approximate surface area is 192 Å². The van der Waals surface area contributed by atoms with Crippen molar-refractivity contribution in [3.05, 3.63) is 100 Å². The summed E-state index contributed by atoms with van der Waals surface area (Å²) in [6.07, 6.45) is 0.511. The maximum absolute atomic E-state index is 13.3. The van der Waals surface area contributed by atoms with Gasteiger partial charge in [0.15, 0.2) is 0 Å². The lowest BCUT2D eigenvalue weighted by atomic mass is 9.97. The summed E-state index contributed by atoms with van der Waals surface area (Å²) in [7, 11) is 5.76. The topological polar surface area (TPSA) is 61.1 Å². The number of hydrogen-bond donors (Lipinski definition) is 1. The zero-order valence-electron chi connectivity index (χ0n) is 18.9. The largest absolute Gasteiger partial charge is 0.506 e. The van der Waals surface area contributed by atoms with Crippen LogP contribution in [0, 0.1) is 0 Å². The smallest absolute Gasteiger partial charge is 0.263 e. The maximum Gasteiger partial charge on any atom is 0.263 e. The first-order valence-electron chi connectivity index (χ1n) is 11.0. The molecule has 166 valence electrons. The molecule has 6 nitrogen and oxygen atoms in total. The summed E-state index contributed by atoms with van der Waals surface area (Å²) in [5.74, 6) is -0.0101. The van der Waals surface area contributed by atoms with Crippen molar-refractivity contribution in [2.45, 2.75) is 12.5 Å². The van der Waals surface area contributed by atoms with Crippen molar-refractivity contribution in [3.63, 3.8) is 0 Å². The van der Waals surface area contributed by atoms with Crippen LogP contribution in [0.2, 0.25) is 0 Å². The Morgan fingerprint density at radius 2 is 1.61 bits per heavy atom. The zero-order valence-corrected chi connectivity index (χ0v) is 18.9. The lowest BCUT2D eigenvalue weighted by Gasteiger charge is -2.24. The molecule has 0 spiro atoms. The summed E-state index contributed by atoms with van der Waals surface area (Å²) in [6, 6.07) is 25.6. The van der Waals surface area contributed by atoms with Gasteiger partial charge in [0.25, 0.3) is 5.56 Å². The fourth-order valence-corrected chi connectivity index (χ4v) is 4.47. The summed E-state index contributed by atoms with van der Waals surface area (Å²) in [6.45, 7) is 0. The summed E-state index contributed by atoms with van der Waals surface area (Å²) in [5.41, 5.74) is 4.45. The third kappa shape index (κ3) is 3.53. The van der Waals surface area contributed by atoms with Crippen molar-refractivity contribution in [1.29, 1.82) is 0 Å². The van der Waals surface area contributed by atoms with Gasteiger partial charge in [-0.05, 0) is 42.0 Å². The molecule has 1 atom stereocenters. The van der Waals surface area contributed by atoms with Gasteiger partial charge in [0.05, 0.1) is 23.0 Å². The summed E-state index contributed by atoms with van der Waals surface area (Å²) < 4.78 is 1.58. The predicted molar refractivity (Wildman–Crippen MR) is 134 cm³/mol. The van der Waals surface area contributed by atoms with Crippen LogP contribution in [0.5, 0.6) is 5.75 Å². The Morgan fingerprint density at radius 3 is 2.30 bits per heavy atom. The normalized spacial score (nSPS) is 15.7. The number of aryl methyl sites for hydroxylation is 1. The van der Waals surface area contributed by atoms with Crippen molar-refractivity contribution in [1.82, 2.24) is 4.57 Å². The molecule has 0 unspecified atom stereocenters. The summed E-state index contributed by atoms with van der Waals surface area (Å²) in [5, 5.41) is 18.6. The number of aromatic nitrogens is 1. The van der Waals surface area contributed by atoms with E-state index < -0.39 is 0 Å². The maximum atomic E-state index is 13.3. The average Bonchev–Trinajstić information content (AvgIpc) is 3.28. The molecule has 0 saturated carbocycles. The molecular weight excluding hydrogens is 412 g/mol. The monoisotopic (exact) mass is 438 g/mol. The van der Waals surface area contributed by atoms with E-state index in [1.165, 1.54) is 0 Å². The fourth-order valence-electron chi connectivity index (χ4n) is 4.47. The zero-order chi connectivity index (χ0) is 23.1. The van der Waals surface area contributed by atoms with E-state index in [4.69, 9.17) is 5.10 Å². The molecule has 0 radical (unpaired) electrons. The highest BCUT2D eigenvalue weighted by Gasteiger charge is 2.33. The van der Waals surface area contributed by atoms with Gasteiger partial charge < -0.3 is 14.6 Å². The molecule has 0 fully saturated rings. The van der Waals surface area contributed by atoms with Crippen LogP contribution in [-0.4, -0.2) is 29.5 Å². The third-order valence-corrected chi connectivity index (χ3v) is 6.29. The molecule has 4 aromatic rings. The SMILES string of the molecule is CN(C)c1ccc([C@@H]2CC(c3c(O)c4ccccc4n(C)c3=O)=NN2c2ccccc2)cc1. The van der Waals surface area contributed by atoms with E-state index in [1.807, 2.05) is 73.7 Å². The molecule has 3 aromatic carbocycles. The molecule has 2 heterocycles. The Morgan fingerprint density at radius 1 is 0.939 bits per heavy atom. The van der Waals surface area contributed by atoms with E-state index in [-0.39, 0.29) is 22.9 Å². The van der Waals surface area contributed by atoms with Crippen LogP contribution in [0.1, 0.15) is 23.6 Å². The quantitative estimate of drug-likeness (QED) is 0.503. The predicted octanol–water partition coefficient (Wildman–Crippen LogP) is 4.67. The Balaban J connectivity index is 1.65. The number of aromatic hydroxyl groups is 1. The molecular formula is C27H26N4O2. The van der Waals surface area contributed by atoms with E-state index in [9.17, 15) is 9.90 Å². The molecule has 33 heavy (non-hydrogen) atoms. The van der Waals surface area contributed by atoms with Gasteiger partial charge in [-0.1, -0.05) is 42.5 Å². The minimum absolute atomic E-state index is 0.0101. The minimum atomic E-state index is -0.249. The Hall–Kier alpha value is -4.06. The Kier molecular flexibility index (Phi) is 5.13. The molecule has 0 amide bonds. The Bertz CT molecular complexity index is 1410. The number of benzene rings is 3. The second kappa shape index (κ2) is 8.13. The lowest BCUT2D eigenvalue weighted by molar-refractivity contribution is 0.478. The number of pyridine rings is 1. The summed E-state index contributed by atoms with van der Waals surface area (Å²) in [4.78, 5) is 15.4. The van der Waals surface area contributed by atoms with Gasteiger partial charge in [0, 0.05) is 38.6 Å². The lowest BCUT2D eigenvalue weighted by Crippen LogP contribution is -2.24. The van der Waals surface area contributed by atoms with E-state index in [0.29, 0.717) is 23.0 Å². The minimum Gasteiger partial charge on any atom is -0.506 e. The first kappa shape index (κ1) is 20.8. The van der Waals surface area contributed by atoms with E-state index in [0.717, 1.165) is 16.9 Å². The second-order valence-corrected chi connectivity index (χ2v) is 8.54. The van der Waals surface area contributed by atoms with Gasteiger partial charge in [-0.3, -0.25) is 9.80 Å². The second-order valence-electron chi connectivity index (χ2n) is 8.54. The van der Waals surface area contributed by atoms with Crippen LogP contribution in [0.25, 0.3) is 10.9 Å². The molecule has 5 rings (SSSR count). The van der Waals surface area contributed by atoms with Crippen molar-refractivity contribution >= 4 is 28.0 Å². The van der Waals surface area contributed by atoms with Crippen molar-refractivity contribution < 1.29 is 5.11 Å². The number of anilines is 2. The molecule has 1 N–H and O–H groups in total. The number of fused-ring (bicyclic) bond motifs is 1. The van der Waals surface area contributed by atoms with Crippen molar-refractivity contribution in [3.8, 4) is 5.75 Å².